The molecular weight excluding hydrogens is 959 g/mol. The van der Waals surface area contributed by atoms with Crippen LogP contribution < -0.4 is 16.0 Å². The van der Waals surface area contributed by atoms with Gasteiger partial charge in [-0.3, -0.25) is 43.2 Å². The third-order valence-corrected chi connectivity index (χ3v) is 13.4. The second-order valence-corrected chi connectivity index (χ2v) is 19.9. The van der Waals surface area contributed by atoms with E-state index in [-0.39, 0.29) is 132 Å². The number of ether oxygens (including phenoxy) is 4. The molecule has 3 amide bonds. The molecule has 0 heterocycles. The van der Waals surface area contributed by atoms with Gasteiger partial charge in [0.1, 0.15) is 19.0 Å². The van der Waals surface area contributed by atoms with Crippen molar-refractivity contribution in [3.05, 3.63) is 0 Å². The van der Waals surface area contributed by atoms with E-state index in [9.17, 15) is 53.4 Å². The molecule has 1 saturated carbocycles. The molecule has 426 valence electrons. The van der Waals surface area contributed by atoms with Crippen molar-refractivity contribution in [2.75, 3.05) is 65.9 Å². The zero-order chi connectivity index (χ0) is 54.4. The van der Waals surface area contributed by atoms with Crippen molar-refractivity contribution in [1.82, 2.24) is 16.0 Å². The molecule has 0 spiro atoms. The van der Waals surface area contributed by atoms with Crippen LogP contribution in [0.15, 0.2) is 0 Å². The maximum atomic E-state index is 13.2. The Bertz CT molecular complexity index is 1590. The minimum absolute atomic E-state index is 0.000328. The molecule has 2 atom stereocenters. The molecule has 19 heteroatoms. The molecular formula is C55H95N3O16. The van der Waals surface area contributed by atoms with Gasteiger partial charge in [0.05, 0.1) is 38.4 Å². The number of likely N-dealkylation sites (N-methyl/N-ethyl adjacent to an activating group) is 1. The normalized spacial score (nSPS) is 15.2. The minimum Gasteiger partial charge on any atom is -0.481 e. The third-order valence-electron chi connectivity index (χ3n) is 13.4. The lowest BCUT2D eigenvalue weighted by atomic mass is 9.78. The number of hydrogen-bond donors (Lipinski definition) is 6. The maximum absolute atomic E-state index is 13.2. The van der Waals surface area contributed by atoms with Crippen molar-refractivity contribution in [3.8, 4) is 0 Å². The van der Waals surface area contributed by atoms with Crippen LogP contribution in [0.5, 0.6) is 0 Å². The van der Waals surface area contributed by atoms with E-state index in [4.69, 9.17) is 24.1 Å². The SMILES string of the molecule is CCNC(=O)COCCOCCCC(=O)COCCOCCCC(=O)[C@H](CCC(=O)O)NC(=O)CC[C@H](CC(=O)C1CCC(CNC(=O)CCCCCCCCCCCCCCCCCCC(=O)O)CC1)C(=O)O. The Morgan fingerprint density at radius 2 is 0.973 bits per heavy atom. The summed E-state index contributed by atoms with van der Waals surface area (Å²) in [6.45, 7) is 4.30. The fraction of sp³-hybridized carbons (Fsp3) is 0.836. The zero-order valence-electron chi connectivity index (χ0n) is 44.9. The van der Waals surface area contributed by atoms with Crippen molar-refractivity contribution in [2.24, 2.45) is 17.8 Å². The van der Waals surface area contributed by atoms with Crippen LogP contribution in [0.2, 0.25) is 0 Å². The quantitative estimate of drug-likeness (QED) is 0.0318. The van der Waals surface area contributed by atoms with Gasteiger partial charge in [0.15, 0.2) is 11.6 Å². The number of amides is 3. The number of Topliss-reactive ketones (excluding diaryl/α,β-unsaturated/α-hetero) is 3. The van der Waals surface area contributed by atoms with Crippen LogP contribution in [0.25, 0.3) is 0 Å². The highest BCUT2D eigenvalue weighted by Gasteiger charge is 2.31. The highest BCUT2D eigenvalue weighted by molar-refractivity contribution is 5.90. The van der Waals surface area contributed by atoms with Crippen LogP contribution in [-0.2, 0) is 62.1 Å². The lowest BCUT2D eigenvalue weighted by Gasteiger charge is -2.28. The molecule has 0 saturated heterocycles. The summed E-state index contributed by atoms with van der Waals surface area (Å²) < 4.78 is 21.4. The standard InChI is InChI=1S/C55H95N3O16/c1-2-56-52(64)42-74-38-36-71-33-19-21-46(59)41-73-37-35-72-34-20-22-48(60)47(30-32-54(67)68)58-51(63)31-29-45(55(69)70)39-49(61)44-27-25-43(26-28-44)40-57-50(62)23-17-15-13-11-9-7-5-3-4-6-8-10-12-14-16-18-24-53(65)66/h43-45,47H,2-42H2,1H3,(H,56,64)(H,57,62)(H,58,63)(H,65,66)(H,67,68)(H,69,70)/t43?,44?,45-,47+/m1/s1. The molecule has 6 N–H and O–H groups in total. The second-order valence-electron chi connectivity index (χ2n) is 19.9. The maximum Gasteiger partial charge on any atom is 0.306 e. The molecule has 0 bridgehead atoms. The number of rotatable bonds is 52. The van der Waals surface area contributed by atoms with Gasteiger partial charge in [-0.1, -0.05) is 89.9 Å². The monoisotopic (exact) mass is 1050 g/mol. The van der Waals surface area contributed by atoms with Crippen LogP contribution in [0.1, 0.15) is 206 Å². The second kappa shape index (κ2) is 46.0. The molecule has 1 rings (SSSR count). The van der Waals surface area contributed by atoms with Gasteiger partial charge in [-0.2, -0.15) is 0 Å². The molecule has 0 aliphatic heterocycles. The highest BCUT2D eigenvalue weighted by atomic mass is 16.5. The van der Waals surface area contributed by atoms with Crippen LogP contribution >= 0.6 is 0 Å². The summed E-state index contributed by atoms with van der Waals surface area (Å²) in [5.74, 6) is -5.53. The van der Waals surface area contributed by atoms with Gasteiger partial charge in [0.2, 0.25) is 17.7 Å². The van der Waals surface area contributed by atoms with Gasteiger partial charge >= 0.3 is 17.9 Å². The van der Waals surface area contributed by atoms with Crippen molar-refractivity contribution in [2.45, 2.75) is 212 Å². The van der Waals surface area contributed by atoms with Crippen LogP contribution in [-0.4, -0.2) is 140 Å². The van der Waals surface area contributed by atoms with Crippen LogP contribution in [0, 0.1) is 17.8 Å². The summed E-state index contributed by atoms with van der Waals surface area (Å²) in [6.07, 6.45) is 22.1. The van der Waals surface area contributed by atoms with E-state index < -0.39 is 35.8 Å². The van der Waals surface area contributed by atoms with Crippen molar-refractivity contribution < 1.29 is 77.4 Å². The molecule has 0 unspecified atom stereocenters. The van der Waals surface area contributed by atoms with Crippen LogP contribution in [0.3, 0.4) is 0 Å². The molecule has 1 aliphatic carbocycles. The first-order valence-corrected chi connectivity index (χ1v) is 28.1. The Morgan fingerprint density at radius 1 is 0.473 bits per heavy atom. The van der Waals surface area contributed by atoms with E-state index in [0.717, 1.165) is 51.4 Å². The number of carboxylic acid groups (broad SMARTS) is 3. The number of carbonyl (C=O) groups is 9. The fourth-order valence-corrected chi connectivity index (χ4v) is 8.95. The van der Waals surface area contributed by atoms with Gasteiger partial charge in [-0.15, -0.1) is 0 Å². The van der Waals surface area contributed by atoms with Gasteiger partial charge in [0, 0.05) is 77.2 Å². The van der Waals surface area contributed by atoms with Crippen molar-refractivity contribution in [1.29, 1.82) is 0 Å². The Morgan fingerprint density at radius 3 is 1.50 bits per heavy atom. The summed E-state index contributed by atoms with van der Waals surface area (Å²) in [6, 6.07) is -1.08. The zero-order valence-corrected chi connectivity index (χ0v) is 44.9. The van der Waals surface area contributed by atoms with E-state index in [1.807, 2.05) is 6.92 Å². The molecule has 0 aromatic carbocycles. The summed E-state index contributed by atoms with van der Waals surface area (Å²) in [4.78, 5) is 109. The number of nitrogens with one attached hydrogen (secondary N) is 3. The summed E-state index contributed by atoms with van der Waals surface area (Å²) in [5, 5.41) is 36.1. The number of ketones is 3. The van der Waals surface area contributed by atoms with E-state index in [0.29, 0.717) is 58.4 Å². The van der Waals surface area contributed by atoms with E-state index in [1.165, 1.54) is 64.2 Å². The summed E-state index contributed by atoms with van der Waals surface area (Å²) in [7, 11) is 0. The number of carboxylic acids is 3. The topological polar surface area (TPSA) is 287 Å². The smallest absolute Gasteiger partial charge is 0.306 e. The van der Waals surface area contributed by atoms with Crippen molar-refractivity contribution >= 4 is 53.0 Å². The largest absolute Gasteiger partial charge is 0.481 e. The average molecular weight is 1050 g/mol. The molecule has 0 aromatic heterocycles. The Balaban J connectivity index is 2.20. The number of hydrogen-bond acceptors (Lipinski definition) is 13. The first-order chi connectivity index (χ1) is 35.7. The van der Waals surface area contributed by atoms with Gasteiger partial charge in [-0.25, -0.2) is 0 Å². The number of unbranched alkanes of at least 4 members (excludes halogenated alkanes) is 15. The van der Waals surface area contributed by atoms with E-state index in [1.54, 1.807) is 0 Å². The van der Waals surface area contributed by atoms with E-state index in [2.05, 4.69) is 16.0 Å². The molecule has 1 aliphatic rings. The summed E-state index contributed by atoms with van der Waals surface area (Å²) in [5.41, 5.74) is 0. The molecule has 0 aromatic rings. The fourth-order valence-electron chi connectivity index (χ4n) is 8.95. The van der Waals surface area contributed by atoms with Crippen molar-refractivity contribution in [3.63, 3.8) is 0 Å². The predicted molar refractivity (Wildman–Crippen MR) is 278 cm³/mol. The molecule has 0 radical (unpaired) electrons. The molecule has 1 fully saturated rings. The highest BCUT2D eigenvalue weighted by Crippen LogP contribution is 2.31. The average Bonchev–Trinajstić information content (AvgIpc) is 3.36. The lowest BCUT2D eigenvalue weighted by Crippen LogP contribution is -2.41. The summed E-state index contributed by atoms with van der Waals surface area (Å²) >= 11 is 0. The lowest BCUT2D eigenvalue weighted by molar-refractivity contribution is -0.145. The Hall–Kier alpha value is -4.33. The number of aliphatic carboxylic acids is 3. The Labute approximate surface area is 440 Å². The number of carbonyl (C=O) groups excluding carboxylic acids is 6. The first-order valence-electron chi connectivity index (χ1n) is 28.1. The molecule has 74 heavy (non-hydrogen) atoms. The molecule has 19 nitrogen and oxygen atoms in total. The van der Waals surface area contributed by atoms with E-state index >= 15 is 0 Å². The van der Waals surface area contributed by atoms with Crippen LogP contribution in [0.4, 0.5) is 0 Å². The Kier molecular flexibility index (Phi) is 42.1. The minimum atomic E-state index is -1.19. The van der Waals surface area contributed by atoms with Gasteiger partial charge in [-0.05, 0) is 77.0 Å². The third kappa shape index (κ3) is 40.0. The van der Waals surface area contributed by atoms with Gasteiger partial charge < -0.3 is 50.2 Å². The predicted octanol–water partition coefficient (Wildman–Crippen LogP) is 7.71. The van der Waals surface area contributed by atoms with Gasteiger partial charge in [0.25, 0.3) is 0 Å². The first kappa shape index (κ1) is 67.7.